The fraction of sp³-hybridized carbons (Fsp3) is 0.350. The highest BCUT2D eigenvalue weighted by atomic mass is 32.2. The summed E-state index contributed by atoms with van der Waals surface area (Å²) < 4.78 is 27.1. The maximum absolute atomic E-state index is 12.8. The Kier molecular flexibility index (Phi) is 6.26. The molecule has 1 aliphatic rings. The van der Waals surface area contributed by atoms with Gasteiger partial charge in [0.2, 0.25) is 10.0 Å². The van der Waals surface area contributed by atoms with Gasteiger partial charge in [-0.05, 0) is 48.2 Å². The fourth-order valence-electron chi connectivity index (χ4n) is 3.15. The van der Waals surface area contributed by atoms with Crippen molar-refractivity contribution in [3.63, 3.8) is 0 Å². The number of hydrogen-bond acceptors (Lipinski definition) is 4. The summed E-state index contributed by atoms with van der Waals surface area (Å²) in [6.45, 7) is 1.84. The van der Waals surface area contributed by atoms with Gasteiger partial charge in [0.25, 0.3) is 5.91 Å². The highest BCUT2D eigenvalue weighted by Crippen LogP contribution is 2.21. The Morgan fingerprint density at radius 3 is 2.37 bits per heavy atom. The van der Waals surface area contributed by atoms with Crippen molar-refractivity contribution < 1.29 is 13.2 Å². The van der Waals surface area contributed by atoms with Crippen LogP contribution in [0.1, 0.15) is 40.7 Å². The molecule has 3 rings (SSSR count). The zero-order chi connectivity index (χ0) is 19.3. The number of hydrogen-bond donors (Lipinski definition) is 2. The van der Waals surface area contributed by atoms with Crippen LogP contribution < -0.4 is 11.1 Å². The summed E-state index contributed by atoms with van der Waals surface area (Å²) in [5.41, 5.74) is 7.82. The summed E-state index contributed by atoms with van der Waals surface area (Å²) in [5.74, 6) is -0.206. The number of nitrogens with one attached hydrogen (secondary N) is 1. The summed E-state index contributed by atoms with van der Waals surface area (Å²) in [5, 5.41) is 2.83. The van der Waals surface area contributed by atoms with Crippen LogP contribution >= 0.6 is 0 Å². The van der Waals surface area contributed by atoms with Crippen LogP contribution in [0.25, 0.3) is 0 Å². The molecule has 0 unspecified atom stereocenters. The molecule has 0 aromatic heterocycles. The van der Waals surface area contributed by atoms with Gasteiger partial charge in [-0.15, -0.1) is 0 Å². The van der Waals surface area contributed by atoms with Crippen molar-refractivity contribution in [3.05, 3.63) is 65.2 Å². The van der Waals surface area contributed by atoms with E-state index in [2.05, 4.69) is 5.32 Å². The third-order valence-corrected chi connectivity index (χ3v) is 6.65. The van der Waals surface area contributed by atoms with Crippen molar-refractivity contribution in [3.8, 4) is 0 Å². The first-order chi connectivity index (χ1) is 13.0. The second-order valence-corrected chi connectivity index (χ2v) is 8.63. The van der Waals surface area contributed by atoms with Gasteiger partial charge in [-0.2, -0.15) is 4.31 Å². The highest BCUT2D eigenvalue weighted by molar-refractivity contribution is 7.89. The van der Waals surface area contributed by atoms with E-state index in [9.17, 15) is 13.2 Å². The lowest BCUT2D eigenvalue weighted by Crippen LogP contribution is -2.35. The van der Waals surface area contributed by atoms with E-state index in [0.717, 1.165) is 30.4 Å². The SMILES string of the molecule is NCc1ccc(C(=O)NCc2cccc(S(=O)(=O)N3CCCCC3)c2)cc1. The number of carbonyl (C=O) groups excluding carboxylic acids is 1. The molecule has 1 heterocycles. The molecular weight excluding hydrogens is 362 g/mol. The van der Waals surface area contributed by atoms with E-state index in [4.69, 9.17) is 5.73 Å². The first-order valence-electron chi connectivity index (χ1n) is 9.17. The van der Waals surface area contributed by atoms with Gasteiger partial charge in [-0.1, -0.05) is 30.7 Å². The van der Waals surface area contributed by atoms with Crippen molar-refractivity contribution >= 4 is 15.9 Å². The topological polar surface area (TPSA) is 92.5 Å². The molecule has 2 aromatic rings. The smallest absolute Gasteiger partial charge is 0.251 e. The minimum absolute atomic E-state index is 0.206. The van der Waals surface area contributed by atoms with E-state index in [1.54, 1.807) is 34.6 Å². The zero-order valence-corrected chi connectivity index (χ0v) is 16.0. The average Bonchev–Trinajstić information content (AvgIpc) is 2.73. The standard InChI is InChI=1S/C20H25N3O3S/c21-14-16-7-9-18(10-8-16)20(24)22-15-17-5-4-6-19(13-17)27(25,26)23-11-2-1-3-12-23/h4-10,13H,1-3,11-12,14-15,21H2,(H,22,24). The second-order valence-electron chi connectivity index (χ2n) is 6.70. The van der Waals surface area contributed by atoms with Crippen molar-refractivity contribution in [2.75, 3.05) is 13.1 Å². The van der Waals surface area contributed by atoms with E-state index in [0.29, 0.717) is 25.2 Å². The highest BCUT2D eigenvalue weighted by Gasteiger charge is 2.25. The molecular formula is C20H25N3O3S. The summed E-state index contributed by atoms with van der Waals surface area (Å²) in [4.78, 5) is 12.6. The predicted octanol–water partition coefficient (Wildman–Crippen LogP) is 2.25. The summed E-state index contributed by atoms with van der Waals surface area (Å²) in [6, 6.07) is 13.9. The Balaban J connectivity index is 1.67. The van der Waals surface area contributed by atoms with Crippen LogP contribution in [-0.2, 0) is 23.1 Å². The Hall–Kier alpha value is -2.22. The fourth-order valence-corrected chi connectivity index (χ4v) is 4.73. The summed E-state index contributed by atoms with van der Waals surface area (Å²) >= 11 is 0. The number of benzene rings is 2. The molecule has 0 bridgehead atoms. The van der Waals surface area contributed by atoms with Crippen LogP contribution in [0, 0.1) is 0 Å². The molecule has 144 valence electrons. The van der Waals surface area contributed by atoms with Gasteiger partial charge in [-0.25, -0.2) is 8.42 Å². The van der Waals surface area contributed by atoms with E-state index in [-0.39, 0.29) is 17.3 Å². The number of carbonyl (C=O) groups is 1. The van der Waals surface area contributed by atoms with E-state index in [1.165, 1.54) is 0 Å². The van der Waals surface area contributed by atoms with Crippen molar-refractivity contribution in [1.29, 1.82) is 0 Å². The van der Waals surface area contributed by atoms with Gasteiger partial charge in [0, 0.05) is 31.7 Å². The van der Waals surface area contributed by atoms with Crippen LogP contribution in [-0.4, -0.2) is 31.7 Å². The first kappa shape index (κ1) is 19.5. The molecule has 6 nitrogen and oxygen atoms in total. The van der Waals surface area contributed by atoms with Gasteiger partial charge in [0.05, 0.1) is 4.90 Å². The van der Waals surface area contributed by atoms with Crippen LogP contribution in [0.15, 0.2) is 53.4 Å². The molecule has 1 amide bonds. The maximum atomic E-state index is 12.8. The summed E-state index contributed by atoms with van der Waals surface area (Å²) in [7, 11) is -3.47. The maximum Gasteiger partial charge on any atom is 0.251 e. The molecule has 2 aromatic carbocycles. The van der Waals surface area contributed by atoms with E-state index >= 15 is 0 Å². The molecule has 1 aliphatic heterocycles. The predicted molar refractivity (Wildman–Crippen MR) is 105 cm³/mol. The molecule has 0 atom stereocenters. The Morgan fingerprint density at radius 2 is 1.70 bits per heavy atom. The number of amides is 1. The lowest BCUT2D eigenvalue weighted by atomic mass is 10.1. The normalized spacial score (nSPS) is 15.4. The largest absolute Gasteiger partial charge is 0.348 e. The lowest BCUT2D eigenvalue weighted by Gasteiger charge is -2.26. The van der Waals surface area contributed by atoms with Crippen LogP contribution in [0.2, 0.25) is 0 Å². The number of nitrogens with two attached hydrogens (primary N) is 1. The van der Waals surface area contributed by atoms with Gasteiger partial charge >= 0.3 is 0 Å². The number of piperidine rings is 1. The minimum atomic E-state index is -3.47. The first-order valence-corrected chi connectivity index (χ1v) is 10.6. The monoisotopic (exact) mass is 387 g/mol. The Labute approximate surface area is 160 Å². The second kappa shape index (κ2) is 8.65. The zero-order valence-electron chi connectivity index (χ0n) is 15.2. The van der Waals surface area contributed by atoms with Crippen LogP contribution in [0.3, 0.4) is 0 Å². The number of sulfonamides is 1. The van der Waals surface area contributed by atoms with Gasteiger partial charge in [0.1, 0.15) is 0 Å². The lowest BCUT2D eigenvalue weighted by molar-refractivity contribution is 0.0951. The molecule has 0 spiro atoms. The molecule has 0 aliphatic carbocycles. The average molecular weight is 388 g/mol. The third kappa shape index (κ3) is 4.74. The van der Waals surface area contributed by atoms with Gasteiger partial charge in [-0.3, -0.25) is 4.79 Å². The molecule has 7 heteroatoms. The molecule has 1 saturated heterocycles. The molecule has 27 heavy (non-hydrogen) atoms. The van der Waals surface area contributed by atoms with Crippen LogP contribution in [0.5, 0.6) is 0 Å². The van der Waals surface area contributed by atoms with Gasteiger partial charge in [0.15, 0.2) is 0 Å². The Morgan fingerprint density at radius 1 is 1.00 bits per heavy atom. The number of nitrogens with zero attached hydrogens (tertiary/aromatic N) is 1. The van der Waals surface area contributed by atoms with Crippen molar-refractivity contribution in [2.24, 2.45) is 5.73 Å². The summed E-state index contributed by atoms with van der Waals surface area (Å²) in [6.07, 6.45) is 2.88. The van der Waals surface area contributed by atoms with E-state index < -0.39 is 10.0 Å². The third-order valence-electron chi connectivity index (χ3n) is 4.76. The minimum Gasteiger partial charge on any atom is -0.348 e. The Bertz CT molecular complexity index is 889. The molecule has 0 saturated carbocycles. The van der Waals surface area contributed by atoms with Crippen molar-refractivity contribution in [2.45, 2.75) is 37.2 Å². The van der Waals surface area contributed by atoms with Gasteiger partial charge < -0.3 is 11.1 Å². The van der Waals surface area contributed by atoms with Crippen molar-refractivity contribution in [1.82, 2.24) is 9.62 Å². The molecule has 3 N–H and O–H groups in total. The quantitative estimate of drug-likeness (QED) is 0.795. The number of rotatable bonds is 6. The molecule has 1 fully saturated rings. The van der Waals surface area contributed by atoms with Crippen LogP contribution in [0.4, 0.5) is 0 Å². The van der Waals surface area contributed by atoms with E-state index in [1.807, 2.05) is 18.2 Å². The molecule has 0 radical (unpaired) electrons.